The van der Waals surface area contributed by atoms with E-state index in [2.05, 4.69) is 10.2 Å². The van der Waals surface area contributed by atoms with Gasteiger partial charge in [-0.25, -0.2) is 4.39 Å². The number of fused-ring (bicyclic) bond motifs is 3. The molecule has 5 rings (SSSR count). The second-order valence-corrected chi connectivity index (χ2v) is 7.58. The van der Waals surface area contributed by atoms with Gasteiger partial charge in [0.2, 0.25) is 0 Å². The Morgan fingerprint density at radius 1 is 1.04 bits per heavy atom. The van der Waals surface area contributed by atoms with Crippen LogP contribution in [0.1, 0.15) is 12.8 Å². The molecule has 2 unspecified atom stereocenters. The molecule has 0 aliphatic carbocycles. The van der Waals surface area contributed by atoms with Gasteiger partial charge in [0.25, 0.3) is 5.91 Å². The van der Waals surface area contributed by atoms with Gasteiger partial charge in [0, 0.05) is 37.6 Å². The number of benzene rings is 2. The van der Waals surface area contributed by atoms with Gasteiger partial charge in [-0.15, -0.1) is 0 Å². The summed E-state index contributed by atoms with van der Waals surface area (Å²) >= 11 is 0. The molecule has 0 spiro atoms. The fourth-order valence-corrected chi connectivity index (χ4v) is 4.17. The summed E-state index contributed by atoms with van der Waals surface area (Å²) in [7, 11) is 1.72. The molecular weight excluding hydrogens is 361 g/mol. The molecule has 7 heteroatoms. The van der Waals surface area contributed by atoms with Crippen LogP contribution in [0.4, 0.5) is 27.1 Å². The minimum Gasteiger partial charge on any atom is -0.481 e. The monoisotopic (exact) mass is 383 g/mol. The Morgan fingerprint density at radius 2 is 1.71 bits per heavy atom. The van der Waals surface area contributed by atoms with Crippen molar-refractivity contribution in [1.29, 1.82) is 0 Å². The third-order valence-electron chi connectivity index (χ3n) is 5.67. The molecule has 3 aliphatic heterocycles. The Hall–Kier alpha value is -2.80. The van der Waals surface area contributed by atoms with E-state index < -0.39 is 0 Å². The summed E-state index contributed by atoms with van der Waals surface area (Å²) in [6, 6.07) is 10.7. The first-order chi connectivity index (χ1) is 13.6. The fraction of sp³-hybridized carbons (Fsp3) is 0.381. The van der Waals surface area contributed by atoms with E-state index in [4.69, 9.17) is 9.47 Å². The van der Waals surface area contributed by atoms with Crippen LogP contribution in [-0.4, -0.2) is 44.9 Å². The lowest BCUT2D eigenvalue weighted by atomic mass is 10.2. The maximum absolute atomic E-state index is 14.8. The number of morpholine rings is 1. The highest BCUT2D eigenvalue weighted by Gasteiger charge is 2.34. The molecule has 1 amide bonds. The van der Waals surface area contributed by atoms with Gasteiger partial charge in [-0.2, -0.15) is 0 Å². The molecule has 2 fully saturated rings. The second kappa shape index (κ2) is 6.67. The van der Waals surface area contributed by atoms with Gasteiger partial charge in [0.1, 0.15) is 11.6 Å². The predicted molar refractivity (Wildman–Crippen MR) is 105 cm³/mol. The Bertz CT molecular complexity index is 923. The maximum Gasteiger partial charge on any atom is 0.264 e. The first-order valence-corrected chi connectivity index (χ1v) is 9.57. The van der Waals surface area contributed by atoms with Crippen molar-refractivity contribution in [1.82, 2.24) is 0 Å². The van der Waals surface area contributed by atoms with Crippen molar-refractivity contribution in [2.75, 3.05) is 41.9 Å². The largest absolute Gasteiger partial charge is 0.481 e. The first kappa shape index (κ1) is 17.3. The van der Waals surface area contributed by atoms with Crippen LogP contribution >= 0.6 is 0 Å². The standard InChI is InChI=1S/C21H22FN3O3/c1-24-19-7-3-14(9-20(19)27-12-21(24)26)23-13-2-6-18(17(22)8-13)25-10-15-4-5-16(11-25)28-15/h2-3,6-9,15-16,23H,4-5,10-12H2,1H3. The van der Waals surface area contributed by atoms with Crippen molar-refractivity contribution in [3.63, 3.8) is 0 Å². The van der Waals surface area contributed by atoms with E-state index in [0.717, 1.165) is 37.3 Å². The maximum atomic E-state index is 14.8. The van der Waals surface area contributed by atoms with Gasteiger partial charge in [0.15, 0.2) is 6.61 Å². The van der Waals surface area contributed by atoms with E-state index in [9.17, 15) is 9.18 Å². The molecule has 2 aromatic rings. The van der Waals surface area contributed by atoms with Gasteiger partial charge in [0.05, 0.1) is 23.6 Å². The van der Waals surface area contributed by atoms with Crippen LogP contribution in [-0.2, 0) is 9.53 Å². The summed E-state index contributed by atoms with van der Waals surface area (Å²) in [6.45, 7) is 1.51. The quantitative estimate of drug-likeness (QED) is 0.882. The summed E-state index contributed by atoms with van der Waals surface area (Å²) in [6.07, 6.45) is 2.56. The van der Waals surface area contributed by atoms with Crippen LogP contribution in [0.3, 0.4) is 0 Å². The number of rotatable bonds is 3. The Labute approximate surface area is 162 Å². The molecule has 2 aromatic carbocycles. The van der Waals surface area contributed by atoms with Gasteiger partial charge < -0.3 is 24.6 Å². The van der Waals surface area contributed by atoms with Gasteiger partial charge in [-0.3, -0.25) is 4.79 Å². The van der Waals surface area contributed by atoms with E-state index >= 15 is 0 Å². The highest BCUT2D eigenvalue weighted by Crippen LogP contribution is 2.36. The zero-order valence-corrected chi connectivity index (χ0v) is 15.7. The topological polar surface area (TPSA) is 54.0 Å². The molecule has 2 atom stereocenters. The summed E-state index contributed by atoms with van der Waals surface area (Å²) in [5, 5.41) is 3.21. The number of carbonyl (C=O) groups excluding carboxylic acids is 1. The van der Waals surface area contributed by atoms with Crippen molar-refractivity contribution in [3.8, 4) is 5.75 Å². The lowest BCUT2D eigenvalue weighted by Crippen LogP contribution is -2.43. The van der Waals surface area contributed by atoms with Crippen LogP contribution in [0.25, 0.3) is 0 Å². The number of hydrogen-bond donors (Lipinski definition) is 1. The molecule has 2 bridgehead atoms. The lowest BCUT2D eigenvalue weighted by molar-refractivity contribution is -0.120. The third-order valence-corrected chi connectivity index (χ3v) is 5.67. The number of ether oxygens (including phenoxy) is 2. The molecule has 3 aliphatic rings. The van der Waals surface area contributed by atoms with Crippen LogP contribution < -0.4 is 19.9 Å². The molecule has 3 heterocycles. The van der Waals surface area contributed by atoms with Gasteiger partial charge >= 0.3 is 0 Å². The SMILES string of the molecule is CN1C(=O)COc2cc(Nc3ccc(N4CC5CCC(C4)O5)c(F)c3)ccc21. The number of halogens is 1. The van der Waals surface area contributed by atoms with Gasteiger partial charge in [-0.05, 0) is 43.2 Å². The molecule has 6 nitrogen and oxygen atoms in total. The number of nitrogens with zero attached hydrogens (tertiary/aromatic N) is 2. The molecule has 2 saturated heterocycles. The Balaban J connectivity index is 1.34. The molecular formula is C21H22FN3O3. The third kappa shape index (κ3) is 3.05. The molecule has 0 radical (unpaired) electrons. The van der Waals surface area contributed by atoms with Crippen molar-refractivity contribution in [2.24, 2.45) is 0 Å². The second-order valence-electron chi connectivity index (χ2n) is 7.58. The molecule has 0 saturated carbocycles. The molecule has 0 aromatic heterocycles. The first-order valence-electron chi connectivity index (χ1n) is 9.57. The highest BCUT2D eigenvalue weighted by atomic mass is 19.1. The lowest BCUT2D eigenvalue weighted by Gasteiger charge is -2.34. The fourth-order valence-electron chi connectivity index (χ4n) is 4.17. The minimum atomic E-state index is -0.245. The number of likely N-dealkylation sites (N-methyl/N-ethyl adjacent to an activating group) is 1. The summed E-state index contributed by atoms with van der Waals surface area (Å²) in [5.41, 5.74) is 2.79. The van der Waals surface area contributed by atoms with Crippen LogP contribution in [0.5, 0.6) is 5.75 Å². The number of hydrogen-bond acceptors (Lipinski definition) is 5. The van der Waals surface area contributed by atoms with Crippen LogP contribution in [0.15, 0.2) is 36.4 Å². The van der Waals surface area contributed by atoms with Crippen molar-refractivity contribution in [2.45, 2.75) is 25.0 Å². The Kier molecular flexibility index (Phi) is 4.12. The summed E-state index contributed by atoms with van der Waals surface area (Å²) in [4.78, 5) is 15.4. The minimum absolute atomic E-state index is 0.0256. The number of anilines is 4. The van der Waals surface area contributed by atoms with E-state index in [1.807, 2.05) is 30.3 Å². The summed E-state index contributed by atoms with van der Waals surface area (Å²) < 4.78 is 26.1. The summed E-state index contributed by atoms with van der Waals surface area (Å²) in [5.74, 6) is 0.307. The van der Waals surface area contributed by atoms with Crippen LogP contribution in [0.2, 0.25) is 0 Å². The van der Waals surface area contributed by atoms with E-state index in [-0.39, 0.29) is 30.5 Å². The average molecular weight is 383 g/mol. The van der Waals surface area contributed by atoms with E-state index in [1.165, 1.54) is 6.07 Å². The zero-order chi connectivity index (χ0) is 19.3. The Morgan fingerprint density at radius 3 is 2.43 bits per heavy atom. The molecule has 1 N–H and O–H groups in total. The number of nitrogens with one attached hydrogen (secondary N) is 1. The van der Waals surface area contributed by atoms with Crippen LogP contribution in [0, 0.1) is 5.82 Å². The van der Waals surface area contributed by atoms with E-state index in [1.54, 1.807) is 11.9 Å². The smallest absolute Gasteiger partial charge is 0.264 e. The molecule has 28 heavy (non-hydrogen) atoms. The molecule has 146 valence electrons. The average Bonchev–Trinajstić information content (AvgIpc) is 3.03. The van der Waals surface area contributed by atoms with Gasteiger partial charge in [-0.1, -0.05) is 0 Å². The predicted octanol–water partition coefficient (Wildman–Crippen LogP) is 3.29. The zero-order valence-electron chi connectivity index (χ0n) is 15.7. The number of carbonyl (C=O) groups is 1. The highest BCUT2D eigenvalue weighted by molar-refractivity contribution is 5.97. The number of amides is 1. The van der Waals surface area contributed by atoms with E-state index in [0.29, 0.717) is 17.1 Å². The van der Waals surface area contributed by atoms with Crippen molar-refractivity contribution >= 4 is 28.7 Å². The normalized spacial score (nSPS) is 23.4. The van der Waals surface area contributed by atoms with Crippen molar-refractivity contribution < 1.29 is 18.7 Å². The van der Waals surface area contributed by atoms with Crippen molar-refractivity contribution in [3.05, 3.63) is 42.2 Å².